The number of furan rings is 1. The minimum absolute atomic E-state index is 0.0567. The van der Waals surface area contributed by atoms with E-state index >= 15 is 0 Å². The zero-order valence-electron chi connectivity index (χ0n) is 9.19. The van der Waals surface area contributed by atoms with Crippen LogP contribution in [0.3, 0.4) is 0 Å². The summed E-state index contributed by atoms with van der Waals surface area (Å²) in [4.78, 5) is 14.3. The van der Waals surface area contributed by atoms with Crippen LogP contribution in [-0.2, 0) is 0 Å². The topological polar surface area (TPSA) is 45.5 Å². The lowest BCUT2D eigenvalue weighted by Crippen LogP contribution is -2.43. The highest BCUT2D eigenvalue weighted by Gasteiger charge is 2.39. The van der Waals surface area contributed by atoms with E-state index in [1.54, 1.807) is 18.4 Å². The molecule has 2 heterocycles. The van der Waals surface area contributed by atoms with E-state index in [4.69, 9.17) is 4.42 Å². The second kappa shape index (κ2) is 3.94. The number of nitrogens with zero attached hydrogens (tertiary/aromatic N) is 1. The van der Waals surface area contributed by atoms with E-state index in [1.165, 1.54) is 0 Å². The number of rotatable bonds is 3. The summed E-state index contributed by atoms with van der Waals surface area (Å²) in [6.45, 7) is 1.93. The fourth-order valence-corrected chi connectivity index (χ4v) is 2.39. The van der Waals surface area contributed by atoms with Gasteiger partial charge in [0.05, 0.1) is 6.26 Å². The van der Waals surface area contributed by atoms with Crippen molar-refractivity contribution in [1.82, 2.24) is 10.2 Å². The Morgan fingerprint density at radius 3 is 2.81 bits per heavy atom. The van der Waals surface area contributed by atoms with Gasteiger partial charge in [0.25, 0.3) is 5.91 Å². The van der Waals surface area contributed by atoms with Crippen LogP contribution in [0.2, 0.25) is 0 Å². The summed E-state index contributed by atoms with van der Waals surface area (Å²) in [7, 11) is 0. The maximum absolute atomic E-state index is 12.3. The van der Waals surface area contributed by atoms with Crippen molar-refractivity contribution in [3.63, 3.8) is 0 Å². The van der Waals surface area contributed by atoms with E-state index in [0.29, 0.717) is 17.8 Å². The summed E-state index contributed by atoms with van der Waals surface area (Å²) in [5, 5.41) is 3.31. The van der Waals surface area contributed by atoms with Crippen LogP contribution in [0.5, 0.6) is 0 Å². The molecule has 0 bridgehead atoms. The third-order valence-electron chi connectivity index (χ3n) is 3.33. The normalized spacial score (nSPS) is 24.6. The first-order chi connectivity index (χ1) is 7.86. The molecule has 86 valence electrons. The molecule has 3 rings (SSSR count). The Morgan fingerprint density at radius 2 is 2.25 bits per heavy atom. The molecule has 1 aromatic heterocycles. The lowest BCUT2D eigenvalue weighted by atomic mass is 10.2. The molecule has 1 N–H and O–H groups in total. The van der Waals surface area contributed by atoms with E-state index in [-0.39, 0.29) is 5.91 Å². The number of hydrogen-bond donors (Lipinski definition) is 1. The van der Waals surface area contributed by atoms with Crippen molar-refractivity contribution in [1.29, 1.82) is 0 Å². The van der Waals surface area contributed by atoms with Crippen LogP contribution < -0.4 is 5.32 Å². The summed E-state index contributed by atoms with van der Waals surface area (Å²) in [6.07, 6.45) is 4.90. The van der Waals surface area contributed by atoms with Gasteiger partial charge in [0.15, 0.2) is 5.76 Å². The average molecular weight is 220 g/mol. The standard InChI is InChI=1S/C12H16N2O2/c15-12(11-2-1-7-16-11)14(9-3-4-9)10-5-6-13-8-10/h1-2,7,9-10,13H,3-6,8H2. The van der Waals surface area contributed by atoms with Gasteiger partial charge in [0.1, 0.15) is 0 Å². The van der Waals surface area contributed by atoms with Crippen molar-refractivity contribution < 1.29 is 9.21 Å². The van der Waals surface area contributed by atoms with Gasteiger partial charge >= 0.3 is 0 Å². The van der Waals surface area contributed by atoms with Crippen molar-refractivity contribution in [3.05, 3.63) is 24.2 Å². The van der Waals surface area contributed by atoms with Gasteiger partial charge in [-0.1, -0.05) is 0 Å². The van der Waals surface area contributed by atoms with Crippen molar-refractivity contribution in [2.24, 2.45) is 0 Å². The van der Waals surface area contributed by atoms with E-state index in [9.17, 15) is 4.79 Å². The molecule has 1 aromatic rings. The molecule has 0 radical (unpaired) electrons. The van der Waals surface area contributed by atoms with Crippen LogP contribution in [0.4, 0.5) is 0 Å². The summed E-state index contributed by atoms with van der Waals surface area (Å²) in [5.74, 6) is 0.528. The van der Waals surface area contributed by atoms with Crippen LogP contribution in [0.15, 0.2) is 22.8 Å². The van der Waals surface area contributed by atoms with Crippen molar-refractivity contribution in [2.75, 3.05) is 13.1 Å². The molecular weight excluding hydrogens is 204 g/mol. The molecule has 16 heavy (non-hydrogen) atoms. The molecule has 2 fully saturated rings. The molecule has 1 unspecified atom stereocenters. The third-order valence-corrected chi connectivity index (χ3v) is 3.33. The summed E-state index contributed by atoms with van der Waals surface area (Å²) >= 11 is 0. The summed E-state index contributed by atoms with van der Waals surface area (Å²) in [5.41, 5.74) is 0. The number of hydrogen-bond acceptors (Lipinski definition) is 3. The highest BCUT2D eigenvalue weighted by molar-refractivity contribution is 5.92. The summed E-state index contributed by atoms with van der Waals surface area (Å²) in [6, 6.07) is 4.32. The molecule has 1 aliphatic carbocycles. The maximum Gasteiger partial charge on any atom is 0.290 e. The van der Waals surface area contributed by atoms with Crippen molar-refractivity contribution >= 4 is 5.91 Å². The van der Waals surface area contributed by atoms with E-state index < -0.39 is 0 Å². The Balaban J connectivity index is 1.79. The van der Waals surface area contributed by atoms with Gasteiger partial charge in [-0.3, -0.25) is 4.79 Å². The second-order valence-electron chi connectivity index (χ2n) is 4.57. The molecule has 0 aromatic carbocycles. The molecule has 2 aliphatic rings. The fraction of sp³-hybridized carbons (Fsp3) is 0.583. The van der Waals surface area contributed by atoms with Crippen molar-refractivity contribution in [3.8, 4) is 0 Å². The minimum Gasteiger partial charge on any atom is -0.459 e. The van der Waals surface area contributed by atoms with Gasteiger partial charge < -0.3 is 14.6 Å². The fourth-order valence-electron chi connectivity index (χ4n) is 2.39. The van der Waals surface area contributed by atoms with Gasteiger partial charge in [0, 0.05) is 18.6 Å². The minimum atomic E-state index is 0.0567. The third kappa shape index (κ3) is 1.73. The average Bonchev–Trinajstić information content (AvgIpc) is 2.83. The Hall–Kier alpha value is -1.29. The van der Waals surface area contributed by atoms with Gasteiger partial charge in [-0.25, -0.2) is 0 Å². The molecule has 4 nitrogen and oxygen atoms in total. The Bertz CT molecular complexity index is 364. The lowest BCUT2D eigenvalue weighted by molar-refractivity contribution is 0.0643. The first-order valence-electron chi connectivity index (χ1n) is 5.93. The molecule has 1 amide bonds. The molecular formula is C12H16N2O2. The highest BCUT2D eigenvalue weighted by atomic mass is 16.3. The first-order valence-corrected chi connectivity index (χ1v) is 5.93. The quantitative estimate of drug-likeness (QED) is 0.833. The molecule has 1 aliphatic heterocycles. The van der Waals surface area contributed by atoms with Crippen LogP contribution >= 0.6 is 0 Å². The predicted molar refractivity (Wildman–Crippen MR) is 59.2 cm³/mol. The number of carbonyl (C=O) groups excluding carboxylic acids is 1. The largest absolute Gasteiger partial charge is 0.459 e. The van der Waals surface area contributed by atoms with Gasteiger partial charge in [-0.15, -0.1) is 0 Å². The monoisotopic (exact) mass is 220 g/mol. The van der Waals surface area contributed by atoms with Crippen LogP contribution in [-0.4, -0.2) is 36.0 Å². The van der Waals surface area contributed by atoms with Gasteiger partial charge in [-0.05, 0) is 37.9 Å². The summed E-state index contributed by atoms with van der Waals surface area (Å²) < 4.78 is 5.20. The van der Waals surface area contributed by atoms with Gasteiger partial charge in [0.2, 0.25) is 0 Å². The zero-order valence-corrected chi connectivity index (χ0v) is 9.19. The van der Waals surface area contributed by atoms with Crippen LogP contribution in [0, 0.1) is 0 Å². The van der Waals surface area contributed by atoms with E-state index in [0.717, 1.165) is 32.4 Å². The second-order valence-corrected chi connectivity index (χ2v) is 4.57. The number of amides is 1. The predicted octanol–water partition coefficient (Wildman–Crippen LogP) is 1.25. The van der Waals surface area contributed by atoms with E-state index in [1.807, 2.05) is 4.90 Å². The number of carbonyl (C=O) groups is 1. The van der Waals surface area contributed by atoms with Crippen LogP contribution in [0.1, 0.15) is 29.8 Å². The molecule has 1 atom stereocenters. The van der Waals surface area contributed by atoms with E-state index in [2.05, 4.69) is 5.32 Å². The zero-order chi connectivity index (χ0) is 11.0. The van der Waals surface area contributed by atoms with Crippen molar-refractivity contribution in [2.45, 2.75) is 31.3 Å². The first kappa shape index (κ1) is 9.90. The number of nitrogens with one attached hydrogen (secondary N) is 1. The Morgan fingerprint density at radius 1 is 1.38 bits per heavy atom. The SMILES string of the molecule is O=C(c1ccco1)N(C1CC1)C1CCNC1. The van der Waals surface area contributed by atoms with Gasteiger partial charge in [-0.2, -0.15) is 0 Å². The van der Waals surface area contributed by atoms with Crippen LogP contribution in [0.25, 0.3) is 0 Å². The highest BCUT2D eigenvalue weighted by Crippen LogP contribution is 2.31. The molecule has 1 saturated heterocycles. The smallest absolute Gasteiger partial charge is 0.290 e. The lowest BCUT2D eigenvalue weighted by Gasteiger charge is -2.27. The molecule has 4 heteroatoms. The Kier molecular flexibility index (Phi) is 2.44. The molecule has 0 spiro atoms. The Labute approximate surface area is 94.6 Å². The maximum atomic E-state index is 12.3. The molecule has 1 saturated carbocycles.